The van der Waals surface area contributed by atoms with E-state index in [0.717, 1.165) is 50.4 Å². The average molecular weight is 580 g/mol. The van der Waals surface area contributed by atoms with Crippen molar-refractivity contribution in [2.75, 3.05) is 0 Å². The molecule has 0 N–H and O–H groups in total. The van der Waals surface area contributed by atoms with Gasteiger partial charge in [0, 0.05) is 48.6 Å². The van der Waals surface area contributed by atoms with Gasteiger partial charge in [0.25, 0.3) is 0 Å². The van der Waals surface area contributed by atoms with Crippen LogP contribution in [0.3, 0.4) is 0 Å². The van der Waals surface area contributed by atoms with Gasteiger partial charge in [0.1, 0.15) is 0 Å². The average Bonchev–Trinajstić information content (AvgIpc) is 3.64. The van der Waals surface area contributed by atoms with Crippen LogP contribution in [0.1, 0.15) is 0 Å². The van der Waals surface area contributed by atoms with Gasteiger partial charge in [0.15, 0.2) is 0 Å². The number of hydrogen-bond acceptors (Lipinski definition) is 3. The predicted octanol–water partition coefficient (Wildman–Crippen LogP) is 10.9. The van der Waals surface area contributed by atoms with Crippen LogP contribution in [0, 0.1) is 0 Å². The van der Waals surface area contributed by atoms with Gasteiger partial charge in [-0.1, -0.05) is 97.1 Å². The van der Waals surface area contributed by atoms with Crippen LogP contribution < -0.4 is 0 Å². The Balaban J connectivity index is 1.24. The summed E-state index contributed by atoms with van der Waals surface area (Å²) < 4.78 is 4.95. The van der Waals surface area contributed by atoms with Gasteiger partial charge in [-0.3, -0.25) is 4.98 Å². The highest BCUT2D eigenvalue weighted by Crippen LogP contribution is 2.43. The molecule has 0 unspecified atom stereocenters. The van der Waals surface area contributed by atoms with Crippen LogP contribution in [-0.4, -0.2) is 14.5 Å². The molecule has 4 heteroatoms. The minimum atomic E-state index is 0.974. The maximum atomic E-state index is 5.32. The van der Waals surface area contributed by atoms with Gasteiger partial charge in [-0.2, -0.15) is 0 Å². The number of fused-ring (bicyclic) bond motifs is 7. The number of aromatic nitrogens is 3. The highest BCUT2D eigenvalue weighted by molar-refractivity contribution is 7.26. The molecule has 0 aliphatic rings. The number of hydrogen-bond donors (Lipinski definition) is 0. The number of pyridine rings is 2. The molecule has 9 aromatic rings. The van der Waals surface area contributed by atoms with Crippen LogP contribution in [0.4, 0.5) is 0 Å². The lowest BCUT2D eigenvalue weighted by Gasteiger charge is -2.10. The lowest BCUT2D eigenvalue weighted by atomic mass is 10.0. The lowest BCUT2D eigenvalue weighted by Crippen LogP contribution is -1.94. The molecule has 44 heavy (non-hydrogen) atoms. The summed E-state index contributed by atoms with van der Waals surface area (Å²) in [5, 5.41) is 3.79. The second kappa shape index (κ2) is 10.0. The van der Waals surface area contributed by atoms with Crippen molar-refractivity contribution in [1.82, 2.24) is 14.5 Å². The maximum Gasteiger partial charge on any atom is 0.0985 e. The van der Waals surface area contributed by atoms with E-state index in [4.69, 9.17) is 4.98 Å². The van der Waals surface area contributed by atoms with Gasteiger partial charge >= 0.3 is 0 Å². The summed E-state index contributed by atoms with van der Waals surface area (Å²) in [6.07, 6.45) is 1.89. The summed E-state index contributed by atoms with van der Waals surface area (Å²) in [6.45, 7) is 0. The molecule has 0 saturated heterocycles. The van der Waals surface area contributed by atoms with E-state index in [0.29, 0.717) is 0 Å². The SMILES string of the molecule is c1ccc(-c2cc(-c3ccc(-n4c5ccc(-c6ccccc6)nc5c5c6sc7ccccc7c6ccc54)cc3)ccn2)cc1. The van der Waals surface area contributed by atoms with Gasteiger partial charge in [-0.05, 0) is 59.7 Å². The molecule has 0 aliphatic carbocycles. The van der Waals surface area contributed by atoms with Crippen LogP contribution >= 0.6 is 11.3 Å². The van der Waals surface area contributed by atoms with E-state index in [1.165, 1.54) is 31.1 Å². The predicted molar refractivity (Wildman–Crippen MR) is 186 cm³/mol. The molecule has 4 aromatic heterocycles. The van der Waals surface area contributed by atoms with E-state index < -0.39 is 0 Å². The molecule has 4 heterocycles. The topological polar surface area (TPSA) is 30.7 Å². The molecule has 9 rings (SSSR count). The number of thiophene rings is 1. The molecular formula is C40H25N3S. The van der Waals surface area contributed by atoms with E-state index in [1.807, 2.05) is 29.7 Å². The Bertz CT molecular complexity index is 2470. The number of benzene rings is 5. The zero-order chi connectivity index (χ0) is 29.0. The Morgan fingerprint density at radius 1 is 0.500 bits per heavy atom. The van der Waals surface area contributed by atoms with Crippen LogP contribution in [-0.2, 0) is 0 Å². The summed E-state index contributed by atoms with van der Waals surface area (Å²) in [7, 11) is 0. The van der Waals surface area contributed by atoms with Crippen LogP contribution in [0.15, 0.2) is 152 Å². The zero-order valence-corrected chi connectivity index (χ0v) is 24.5. The molecule has 3 nitrogen and oxygen atoms in total. The number of rotatable bonds is 4. The van der Waals surface area contributed by atoms with Crippen molar-refractivity contribution in [3.8, 4) is 39.3 Å². The third kappa shape index (κ3) is 3.96. The molecule has 0 spiro atoms. The van der Waals surface area contributed by atoms with Crippen molar-refractivity contribution in [1.29, 1.82) is 0 Å². The normalized spacial score (nSPS) is 11.6. The van der Waals surface area contributed by atoms with Crippen molar-refractivity contribution in [2.24, 2.45) is 0 Å². The van der Waals surface area contributed by atoms with E-state index in [9.17, 15) is 0 Å². The fourth-order valence-electron chi connectivity index (χ4n) is 6.37. The maximum absolute atomic E-state index is 5.32. The molecule has 0 bridgehead atoms. The van der Waals surface area contributed by atoms with Crippen LogP contribution in [0.25, 0.3) is 81.4 Å². The summed E-state index contributed by atoms with van der Waals surface area (Å²) in [6, 6.07) is 51.5. The van der Waals surface area contributed by atoms with E-state index in [1.54, 1.807) is 0 Å². The third-order valence-corrected chi connectivity index (χ3v) is 9.68. The minimum absolute atomic E-state index is 0.974. The summed E-state index contributed by atoms with van der Waals surface area (Å²) in [5.74, 6) is 0. The van der Waals surface area contributed by atoms with Crippen molar-refractivity contribution >= 4 is 53.4 Å². The second-order valence-electron chi connectivity index (χ2n) is 11.0. The van der Waals surface area contributed by atoms with E-state index in [-0.39, 0.29) is 0 Å². The van der Waals surface area contributed by atoms with Gasteiger partial charge in [0.05, 0.1) is 27.9 Å². The van der Waals surface area contributed by atoms with Crippen molar-refractivity contribution in [3.63, 3.8) is 0 Å². The van der Waals surface area contributed by atoms with Crippen LogP contribution in [0.2, 0.25) is 0 Å². The van der Waals surface area contributed by atoms with Crippen molar-refractivity contribution < 1.29 is 0 Å². The molecule has 0 amide bonds. The molecule has 0 saturated carbocycles. The first-order valence-corrected chi connectivity index (χ1v) is 15.6. The monoisotopic (exact) mass is 579 g/mol. The molecule has 0 radical (unpaired) electrons. The smallest absolute Gasteiger partial charge is 0.0985 e. The largest absolute Gasteiger partial charge is 0.308 e. The fourth-order valence-corrected chi connectivity index (χ4v) is 7.61. The summed E-state index contributed by atoms with van der Waals surface area (Å²) >= 11 is 1.86. The molecule has 0 aliphatic heterocycles. The summed E-state index contributed by atoms with van der Waals surface area (Å²) in [4.78, 5) is 9.94. The van der Waals surface area contributed by atoms with Crippen LogP contribution in [0.5, 0.6) is 0 Å². The van der Waals surface area contributed by atoms with E-state index >= 15 is 0 Å². The zero-order valence-electron chi connectivity index (χ0n) is 23.7. The highest BCUT2D eigenvalue weighted by atomic mass is 32.1. The fraction of sp³-hybridized carbons (Fsp3) is 0. The molecule has 5 aromatic carbocycles. The number of nitrogens with zero attached hydrogens (tertiary/aromatic N) is 3. The molecule has 0 atom stereocenters. The van der Waals surface area contributed by atoms with E-state index in [2.05, 4.69) is 143 Å². The molecule has 0 fully saturated rings. The van der Waals surface area contributed by atoms with Crippen molar-refractivity contribution in [3.05, 3.63) is 152 Å². The van der Waals surface area contributed by atoms with Gasteiger partial charge < -0.3 is 4.57 Å². The second-order valence-corrected chi connectivity index (χ2v) is 12.1. The van der Waals surface area contributed by atoms with Gasteiger partial charge in [-0.25, -0.2) is 4.98 Å². The summed E-state index contributed by atoms with van der Waals surface area (Å²) in [5.41, 5.74) is 10.9. The van der Waals surface area contributed by atoms with Gasteiger partial charge in [0.2, 0.25) is 0 Å². The molecule has 206 valence electrons. The lowest BCUT2D eigenvalue weighted by molar-refractivity contribution is 1.18. The Morgan fingerprint density at radius 2 is 1.20 bits per heavy atom. The first-order valence-electron chi connectivity index (χ1n) is 14.7. The quantitative estimate of drug-likeness (QED) is 0.208. The Hall–Kier alpha value is -5.58. The standard InChI is InChI=1S/C40H25N3S/c1-3-9-27(10-4-1)33-20-22-36-39(42-33)38-35(21-19-32-31-13-7-8-14-37(31)44-40(32)38)43(36)30-17-15-26(16-18-30)29-23-24-41-34(25-29)28-11-5-2-6-12-28/h1-25H. The Morgan fingerprint density at radius 3 is 2.00 bits per heavy atom. The Labute approximate surface area is 258 Å². The Kier molecular flexibility index (Phi) is 5.68. The third-order valence-electron chi connectivity index (χ3n) is 8.48. The highest BCUT2D eigenvalue weighted by Gasteiger charge is 2.19. The minimum Gasteiger partial charge on any atom is -0.308 e. The first kappa shape index (κ1) is 25.0. The molecular weight excluding hydrogens is 555 g/mol. The van der Waals surface area contributed by atoms with Gasteiger partial charge in [-0.15, -0.1) is 11.3 Å². The first-order chi connectivity index (χ1) is 21.8. The van der Waals surface area contributed by atoms with Crippen molar-refractivity contribution in [2.45, 2.75) is 0 Å².